The highest BCUT2D eigenvalue weighted by molar-refractivity contribution is 7.84. The van der Waals surface area contributed by atoms with E-state index >= 15 is 0 Å². The normalized spacial score (nSPS) is 14.2. The summed E-state index contributed by atoms with van der Waals surface area (Å²) in [6.45, 7) is 4.78. The van der Waals surface area contributed by atoms with E-state index in [-0.39, 0.29) is 6.04 Å². The second kappa shape index (κ2) is 8.27. The molecule has 0 saturated carbocycles. The highest BCUT2D eigenvalue weighted by Gasteiger charge is 2.12. The number of ether oxygens (including phenoxy) is 1. The van der Waals surface area contributed by atoms with Crippen molar-refractivity contribution in [2.45, 2.75) is 26.3 Å². The maximum absolute atomic E-state index is 11.6. The lowest BCUT2D eigenvalue weighted by atomic mass is 10.1. The Hall–Kier alpha value is -0.870. The minimum atomic E-state index is -0.761. The first-order chi connectivity index (χ1) is 8.71. The Morgan fingerprint density at radius 2 is 1.94 bits per heavy atom. The van der Waals surface area contributed by atoms with Crippen molar-refractivity contribution in [3.63, 3.8) is 0 Å². The zero-order chi connectivity index (χ0) is 13.4. The molecule has 0 aromatic heterocycles. The van der Waals surface area contributed by atoms with E-state index in [1.807, 2.05) is 38.2 Å². The van der Waals surface area contributed by atoms with Crippen molar-refractivity contribution in [1.29, 1.82) is 0 Å². The summed E-state index contributed by atoms with van der Waals surface area (Å²) in [7, 11) is 1.14. The SMILES string of the molecule is CCCOc1ccc(C(CS(=O)CC)NC)cc1. The largest absolute Gasteiger partial charge is 0.494 e. The van der Waals surface area contributed by atoms with Gasteiger partial charge in [-0.2, -0.15) is 0 Å². The Labute approximate surface area is 112 Å². The van der Waals surface area contributed by atoms with Gasteiger partial charge in [-0.15, -0.1) is 0 Å². The Kier molecular flexibility index (Phi) is 6.98. The highest BCUT2D eigenvalue weighted by Crippen LogP contribution is 2.18. The monoisotopic (exact) mass is 269 g/mol. The summed E-state index contributed by atoms with van der Waals surface area (Å²) in [5.41, 5.74) is 1.16. The molecule has 0 heterocycles. The molecule has 4 heteroatoms. The lowest BCUT2D eigenvalue weighted by molar-refractivity contribution is 0.317. The first kappa shape index (κ1) is 15.2. The molecule has 0 aliphatic heterocycles. The second-order valence-electron chi connectivity index (χ2n) is 4.15. The molecule has 18 heavy (non-hydrogen) atoms. The summed E-state index contributed by atoms with van der Waals surface area (Å²) in [5, 5.41) is 3.21. The van der Waals surface area contributed by atoms with Gasteiger partial charge in [0.1, 0.15) is 5.75 Å². The average Bonchev–Trinajstić information content (AvgIpc) is 2.42. The van der Waals surface area contributed by atoms with Gasteiger partial charge in [0.05, 0.1) is 6.61 Å². The number of hydrogen-bond donors (Lipinski definition) is 1. The van der Waals surface area contributed by atoms with Gasteiger partial charge < -0.3 is 10.1 Å². The smallest absolute Gasteiger partial charge is 0.119 e. The minimum absolute atomic E-state index is 0.144. The van der Waals surface area contributed by atoms with E-state index in [4.69, 9.17) is 4.74 Å². The van der Waals surface area contributed by atoms with Gasteiger partial charge in [-0.3, -0.25) is 4.21 Å². The van der Waals surface area contributed by atoms with Crippen molar-refractivity contribution >= 4 is 10.8 Å². The summed E-state index contributed by atoms with van der Waals surface area (Å²) in [6.07, 6.45) is 1.01. The molecule has 1 rings (SSSR count). The van der Waals surface area contributed by atoms with E-state index in [0.717, 1.165) is 24.3 Å². The third-order valence-electron chi connectivity index (χ3n) is 2.78. The zero-order valence-corrected chi connectivity index (χ0v) is 12.3. The third-order valence-corrected chi connectivity index (χ3v) is 4.13. The van der Waals surface area contributed by atoms with Gasteiger partial charge in [-0.05, 0) is 31.2 Å². The van der Waals surface area contributed by atoms with E-state index in [2.05, 4.69) is 12.2 Å². The quantitative estimate of drug-likeness (QED) is 0.788. The molecule has 2 unspecified atom stereocenters. The maximum Gasteiger partial charge on any atom is 0.119 e. The molecule has 0 aliphatic carbocycles. The van der Waals surface area contributed by atoms with Gasteiger partial charge in [0.2, 0.25) is 0 Å². The predicted molar refractivity (Wildman–Crippen MR) is 77.6 cm³/mol. The van der Waals surface area contributed by atoms with Crippen LogP contribution in [0.25, 0.3) is 0 Å². The van der Waals surface area contributed by atoms with Gasteiger partial charge in [0.15, 0.2) is 0 Å². The van der Waals surface area contributed by atoms with Crippen molar-refractivity contribution in [3.05, 3.63) is 29.8 Å². The van der Waals surface area contributed by atoms with Crippen molar-refractivity contribution in [1.82, 2.24) is 5.32 Å². The molecule has 0 saturated heterocycles. The van der Waals surface area contributed by atoms with Crippen LogP contribution in [0.3, 0.4) is 0 Å². The first-order valence-corrected chi connectivity index (χ1v) is 7.95. The number of benzene rings is 1. The standard InChI is InChI=1S/C14H23NO2S/c1-4-10-17-13-8-6-12(7-9-13)14(15-3)11-18(16)5-2/h6-9,14-15H,4-5,10-11H2,1-3H3. The van der Waals surface area contributed by atoms with E-state index in [0.29, 0.717) is 11.5 Å². The van der Waals surface area contributed by atoms with Crippen LogP contribution in [0.2, 0.25) is 0 Å². The summed E-state index contributed by atoms with van der Waals surface area (Å²) in [4.78, 5) is 0. The number of rotatable bonds is 8. The van der Waals surface area contributed by atoms with Crippen LogP contribution in [-0.2, 0) is 10.8 Å². The van der Waals surface area contributed by atoms with Crippen LogP contribution < -0.4 is 10.1 Å². The molecule has 0 spiro atoms. The second-order valence-corrected chi connectivity index (χ2v) is 5.94. The summed E-state index contributed by atoms with van der Waals surface area (Å²) >= 11 is 0. The molecule has 3 nitrogen and oxygen atoms in total. The van der Waals surface area contributed by atoms with Gasteiger partial charge in [-0.1, -0.05) is 26.0 Å². The van der Waals surface area contributed by atoms with Crippen molar-refractivity contribution in [3.8, 4) is 5.75 Å². The van der Waals surface area contributed by atoms with Crippen LogP contribution in [0, 0.1) is 0 Å². The Morgan fingerprint density at radius 3 is 2.44 bits per heavy atom. The summed E-state index contributed by atoms with van der Waals surface area (Å²) < 4.78 is 17.2. The Morgan fingerprint density at radius 1 is 1.28 bits per heavy atom. The van der Waals surface area contributed by atoms with E-state index < -0.39 is 10.8 Å². The summed E-state index contributed by atoms with van der Waals surface area (Å²) in [5.74, 6) is 2.25. The zero-order valence-electron chi connectivity index (χ0n) is 11.4. The van der Waals surface area contributed by atoms with Gasteiger partial charge in [0, 0.05) is 28.3 Å². The number of hydrogen-bond acceptors (Lipinski definition) is 3. The van der Waals surface area contributed by atoms with Crippen LogP contribution in [0.1, 0.15) is 31.9 Å². The Balaban J connectivity index is 2.66. The van der Waals surface area contributed by atoms with E-state index in [1.54, 1.807) is 0 Å². The van der Waals surface area contributed by atoms with Crippen molar-refractivity contribution < 1.29 is 8.95 Å². The van der Waals surface area contributed by atoms with E-state index in [1.165, 1.54) is 0 Å². The minimum Gasteiger partial charge on any atom is -0.494 e. The molecular formula is C14H23NO2S. The van der Waals surface area contributed by atoms with Crippen LogP contribution in [0.4, 0.5) is 0 Å². The third kappa shape index (κ3) is 4.78. The molecule has 0 radical (unpaired) electrons. The van der Waals surface area contributed by atoms with Crippen LogP contribution in [0.5, 0.6) is 5.75 Å². The molecule has 1 N–H and O–H groups in total. The summed E-state index contributed by atoms with van der Waals surface area (Å²) in [6, 6.07) is 8.18. The maximum atomic E-state index is 11.6. The van der Waals surface area contributed by atoms with Crippen molar-refractivity contribution in [2.75, 3.05) is 25.2 Å². The fourth-order valence-electron chi connectivity index (χ4n) is 1.67. The molecule has 2 atom stereocenters. The lowest BCUT2D eigenvalue weighted by Crippen LogP contribution is -2.23. The van der Waals surface area contributed by atoms with Gasteiger partial charge in [0.25, 0.3) is 0 Å². The lowest BCUT2D eigenvalue weighted by Gasteiger charge is -2.16. The molecule has 0 bridgehead atoms. The topological polar surface area (TPSA) is 38.3 Å². The Bertz CT molecular complexity index is 365. The first-order valence-electron chi connectivity index (χ1n) is 6.46. The average molecular weight is 269 g/mol. The molecular weight excluding hydrogens is 246 g/mol. The van der Waals surface area contributed by atoms with Gasteiger partial charge in [-0.25, -0.2) is 0 Å². The molecule has 0 aliphatic rings. The molecule has 0 amide bonds. The van der Waals surface area contributed by atoms with Crippen LogP contribution >= 0.6 is 0 Å². The predicted octanol–water partition coefficient (Wildman–Crippen LogP) is 2.50. The highest BCUT2D eigenvalue weighted by atomic mass is 32.2. The van der Waals surface area contributed by atoms with Crippen molar-refractivity contribution in [2.24, 2.45) is 0 Å². The van der Waals surface area contributed by atoms with E-state index in [9.17, 15) is 4.21 Å². The molecule has 102 valence electrons. The molecule has 0 fully saturated rings. The number of nitrogens with one attached hydrogen (secondary N) is 1. The van der Waals surface area contributed by atoms with Crippen LogP contribution in [0.15, 0.2) is 24.3 Å². The van der Waals surface area contributed by atoms with Gasteiger partial charge >= 0.3 is 0 Å². The molecule has 1 aromatic carbocycles. The fourth-order valence-corrected chi connectivity index (χ4v) is 2.63. The fraction of sp³-hybridized carbons (Fsp3) is 0.571. The van der Waals surface area contributed by atoms with Crippen LogP contribution in [-0.4, -0.2) is 29.4 Å². The molecule has 1 aromatic rings.